The first-order valence-corrected chi connectivity index (χ1v) is 8.98. The molecule has 2 rings (SSSR count). The van der Waals surface area contributed by atoms with Gasteiger partial charge in [-0.1, -0.05) is 0 Å². The molecule has 0 spiro atoms. The van der Waals surface area contributed by atoms with Crippen LogP contribution in [0.4, 0.5) is 5.69 Å². The Balaban J connectivity index is 2.02. The Bertz CT molecular complexity index is 807. The Kier molecular flexibility index (Phi) is 5.24. The van der Waals surface area contributed by atoms with Crippen LogP contribution in [0.5, 0.6) is 0 Å². The van der Waals surface area contributed by atoms with E-state index in [4.69, 9.17) is 5.14 Å². The fraction of sp³-hybridized carbons (Fsp3) is 0.143. The van der Waals surface area contributed by atoms with E-state index in [0.29, 0.717) is 15.4 Å². The van der Waals surface area contributed by atoms with Crippen molar-refractivity contribution in [3.8, 4) is 0 Å². The molecule has 2 aromatic rings. The monoisotopic (exact) mass is 353 g/mol. The number of pyridine rings is 1. The number of sulfonamides is 1. The summed E-state index contributed by atoms with van der Waals surface area (Å²) in [5.41, 5.74) is 0.443. The standard InChI is InChI=1S/C14H15N3O4S2/c1-10(22-13-4-2-3-9-17(13)19)14(18)16-11-5-7-12(8-6-11)23(15,20)21/h2-10H,1H3,(H,16,18)(H2,15,20,21)/t10-/m1/s1. The molecule has 0 saturated heterocycles. The highest BCUT2D eigenvalue weighted by molar-refractivity contribution is 8.00. The third-order valence-electron chi connectivity index (χ3n) is 2.91. The minimum absolute atomic E-state index is 0.0328. The normalized spacial score (nSPS) is 12.6. The van der Waals surface area contributed by atoms with Crippen molar-refractivity contribution in [2.45, 2.75) is 22.1 Å². The number of carbonyl (C=O) groups excluding carboxylic acids is 1. The third kappa shape index (κ3) is 4.68. The summed E-state index contributed by atoms with van der Waals surface area (Å²) >= 11 is 1.13. The molecule has 0 bridgehead atoms. The molecular weight excluding hydrogens is 338 g/mol. The first kappa shape index (κ1) is 17.3. The summed E-state index contributed by atoms with van der Waals surface area (Å²) in [6.45, 7) is 1.67. The number of carbonyl (C=O) groups is 1. The highest BCUT2D eigenvalue weighted by Crippen LogP contribution is 2.21. The second-order valence-electron chi connectivity index (χ2n) is 4.68. The summed E-state index contributed by atoms with van der Waals surface area (Å²) in [6, 6.07) is 10.5. The fourth-order valence-electron chi connectivity index (χ4n) is 1.71. The molecule has 122 valence electrons. The Morgan fingerprint density at radius 1 is 1.26 bits per heavy atom. The number of thioether (sulfide) groups is 1. The highest BCUT2D eigenvalue weighted by Gasteiger charge is 2.19. The van der Waals surface area contributed by atoms with Gasteiger partial charge in [0.25, 0.3) is 5.03 Å². The lowest BCUT2D eigenvalue weighted by Gasteiger charge is -2.11. The number of benzene rings is 1. The van der Waals surface area contributed by atoms with Crippen molar-refractivity contribution < 1.29 is 17.9 Å². The van der Waals surface area contributed by atoms with Gasteiger partial charge in [0.15, 0.2) is 6.20 Å². The maximum absolute atomic E-state index is 12.1. The number of rotatable bonds is 5. The average Bonchev–Trinajstić information content (AvgIpc) is 2.49. The van der Waals surface area contributed by atoms with Crippen LogP contribution in [-0.4, -0.2) is 19.6 Å². The molecule has 0 aliphatic rings. The predicted molar refractivity (Wildman–Crippen MR) is 87.2 cm³/mol. The van der Waals surface area contributed by atoms with E-state index in [1.165, 1.54) is 30.5 Å². The fourth-order valence-corrected chi connectivity index (χ4v) is 3.08. The van der Waals surface area contributed by atoms with Crippen molar-refractivity contribution in [1.82, 2.24) is 0 Å². The third-order valence-corrected chi connectivity index (χ3v) is 4.96. The second-order valence-corrected chi connectivity index (χ2v) is 7.61. The van der Waals surface area contributed by atoms with E-state index in [-0.39, 0.29) is 10.8 Å². The molecule has 0 aliphatic heterocycles. The average molecular weight is 353 g/mol. The van der Waals surface area contributed by atoms with Crippen LogP contribution in [0.15, 0.2) is 58.6 Å². The van der Waals surface area contributed by atoms with Gasteiger partial charge in [0.05, 0.1) is 10.1 Å². The molecular formula is C14H15N3O4S2. The quantitative estimate of drug-likeness (QED) is 0.474. The predicted octanol–water partition coefficient (Wildman–Crippen LogP) is 1.09. The Morgan fingerprint density at radius 2 is 1.91 bits per heavy atom. The second kappa shape index (κ2) is 6.99. The van der Waals surface area contributed by atoms with Crippen LogP contribution < -0.4 is 15.2 Å². The van der Waals surface area contributed by atoms with Gasteiger partial charge < -0.3 is 10.5 Å². The molecule has 23 heavy (non-hydrogen) atoms. The van der Waals surface area contributed by atoms with Crippen LogP contribution in [0.3, 0.4) is 0 Å². The number of primary sulfonamides is 1. The molecule has 0 saturated carbocycles. The van der Waals surface area contributed by atoms with E-state index in [9.17, 15) is 18.4 Å². The minimum atomic E-state index is -3.76. The zero-order chi connectivity index (χ0) is 17.0. The number of anilines is 1. The Hall–Kier alpha value is -2.10. The molecule has 0 radical (unpaired) electrons. The lowest BCUT2D eigenvalue weighted by molar-refractivity contribution is -0.645. The summed E-state index contributed by atoms with van der Waals surface area (Å²) < 4.78 is 23.0. The van der Waals surface area contributed by atoms with Gasteiger partial charge in [-0.25, -0.2) is 13.6 Å². The van der Waals surface area contributed by atoms with Crippen LogP contribution >= 0.6 is 11.8 Å². The minimum Gasteiger partial charge on any atom is -0.618 e. The van der Waals surface area contributed by atoms with Crippen molar-refractivity contribution in [1.29, 1.82) is 0 Å². The van der Waals surface area contributed by atoms with E-state index >= 15 is 0 Å². The number of aromatic nitrogens is 1. The van der Waals surface area contributed by atoms with Gasteiger partial charge in [-0.15, -0.1) is 0 Å². The summed E-state index contributed by atoms with van der Waals surface area (Å²) in [7, 11) is -3.76. The maximum Gasteiger partial charge on any atom is 0.252 e. The van der Waals surface area contributed by atoms with Crippen molar-refractivity contribution >= 4 is 33.4 Å². The van der Waals surface area contributed by atoms with Gasteiger partial charge in [0, 0.05) is 17.8 Å². The summed E-state index contributed by atoms with van der Waals surface area (Å²) in [5, 5.41) is 19.1. The van der Waals surface area contributed by atoms with Crippen LogP contribution in [0.25, 0.3) is 0 Å². The summed E-state index contributed by atoms with van der Waals surface area (Å²) in [4.78, 5) is 12.1. The highest BCUT2D eigenvalue weighted by atomic mass is 32.2. The van der Waals surface area contributed by atoms with E-state index in [0.717, 1.165) is 11.8 Å². The number of nitrogens with zero attached hydrogens (tertiary/aromatic N) is 1. The van der Waals surface area contributed by atoms with E-state index in [1.54, 1.807) is 25.1 Å². The topological polar surface area (TPSA) is 116 Å². The van der Waals surface area contributed by atoms with Gasteiger partial charge in [0.1, 0.15) is 0 Å². The molecule has 1 aromatic heterocycles. The van der Waals surface area contributed by atoms with Gasteiger partial charge >= 0.3 is 0 Å². The van der Waals surface area contributed by atoms with Crippen molar-refractivity contribution in [3.63, 3.8) is 0 Å². The lowest BCUT2D eigenvalue weighted by atomic mass is 10.3. The zero-order valence-electron chi connectivity index (χ0n) is 12.2. The number of hydrogen-bond donors (Lipinski definition) is 2. The van der Waals surface area contributed by atoms with Gasteiger partial charge in [-0.3, -0.25) is 4.79 Å². The summed E-state index contributed by atoms with van der Waals surface area (Å²) in [5.74, 6) is -0.304. The van der Waals surface area contributed by atoms with E-state index in [1.807, 2.05) is 0 Å². The number of nitrogens with two attached hydrogens (primary N) is 1. The van der Waals surface area contributed by atoms with Crippen LogP contribution in [0.2, 0.25) is 0 Å². The van der Waals surface area contributed by atoms with Crippen LogP contribution in [0, 0.1) is 5.21 Å². The largest absolute Gasteiger partial charge is 0.618 e. The van der Waals surface area contributed by atoms with E-state index in [2.05, 4.69) is 5.32 Å². The number of amides is 1. The first-order valence-electron chi connectivity index (χ1n) is 6.56. The molecule has 1 amide bonds. The molecule has 3 N–H and O–H groups in total. The Morgan fingerprint density at radius 3 is 2.48 bits per heavy atom. The molecule has 7 nitrogen and oxygen atoms in total. The molecule has 0 unspecified atom stereocenters. The smallest absolute Gasteiger partial charge is 0.252 e. The van der Waals surface area contributed by atoms with Crippen molar-refractivity contribution in [3.05, 3.63) is 53.9 Å². The Labute approximate surface area is 138 Å². The molecule has 0 fully saturated rings. The van der Waals surface area contributed by atoms with Crippen molar-refractivity contribution in [2.24, 2.45) is 5.14 Å². The van der Waals surface area contributed by atoms with Gasteiger partial charge in [0.2, 0.25) is 15.9 Å². The lowest BCUT2D eigenvalue weighted by Crippen LogP contribution is -2.30. The molecule has 1 heterocycles. The SMILES string of the molecule is C[C@@H](Sc1cccc[n+]1[O-])C(=O)Nc1ccc(S(N)(=O)=O)cc1. The zero-order valence-corrected chi connectivity index (χ0v) is 13.8. The molecule has 9 heteroatoms. The van der Waals surface area contributed by atoms with Crippen LogP contribution in [0.1, 0.15) is 6.92 Å². The van der Waals surface area contributed by atoms with Gasteiger partial charge in [-0.05, 0) is 49.0 Å². The summed E-state index contributed by atoms with van der Waals surface area (Å²) in [6.07, 6.45) is 1.36. The molecule has 1 aromatic carbocycles. The number of hydrogen-bond acceptors (Lipinski definition) is 5. The molecule has 0 aliphatic carbocycles. The van der Waals surface area contributed by atoms with Crippen LogP contribution in [-0.2, 0) is 14.8 Å². The van der Waals surface area contributed by atoms with Gasteiger partial charge in [-0.2, -0.15) is 4.73 Å². The first-order chi connectivity index (χ1) is 10.8. The molecule has 1 atom stereocenters. The van der Waals surface area contributed by atoms with Crippen molar-refractivity contribution in [2.75, 3.05) is 5.32 Å². The maximum atomic E-state index is 12.1. The number of nitrogens with one attached hydrogen (secondary N) is 1. The van der Waals surface area contributed by atoms with E-state index < -0.39 is 15.3 Å².